The maximum absolute atomic E-state index is 14.1. The van der Waals surface area contributed by atoms with Crippen molar-refractivity contribution in [3.63, 3.8) is 0 Å². The monoisotopic (exact) mass is 464 g/mol. The van der Waals surface area contributed by atoms with Gasteiger partial charge in [-0.25, -0.2) is 0 Å². The van der Waals surface area contributed by atoms with E-state index in [9.17, 15) is 34.8 Å². The number of phenolic OH excluding ortho intramolecular Hbond substituents is 1. The molecule has 0 aliphatic heterocycles. The highest BCUT2D eigenvalue weighted by Gasteiger charge is 2.72. The summed E-state index contributed by atoms with van der Waals surface area (Å²) in [7, 11) is 0. The zero-order chi connectivity index (χ0) is 25.5. The van der Waals surface area contributed by atoms with Crippen molar-refractivity contribution in [3.05, 3.63) is 45.7 Å². The van der Waals surface area contributed by atoms with E-state index in [2.05, 4.69) is 5.92 Å². The van der Waals surface area contributed by atoms with Crippen LogP contribution in [-0.2, 0) is 20.8 Å². The van der Waals surface area contributed by atoms with Gasteiger partial charge in [0.15, 0.2) is 17.2 Å². The Morgan fingerprint density at radius 2 is 1.79 bits per heavy atom. The summed E-state index contributed by atoms with van der Waals surface area (Å²) in [5.41, 5.74) is -5.00. The summed E-state index contributed by atoms with van der Waals surface area (Å²) in [6.07, 6.45) is 5.85. The van der Waals surface area contributed by atoms with Crippen molar-refractivity contribution in [2.24, 2.45) is 22.7 Å². The molecule has 1 unspecified atom stereocenters. The number of allylic oxidation sites excluding steroid dienone is 1. The summed E-state index contributed by atoms with van der Waals surface area (Å²) in [5, 5.41) is 44.8. The number of phenols is 1. The largest absolute Gasteiger partial charge is 0.508 e. The number of aliphatic hydroxyl groups is 3. The number of aromatic hydroxyl groups is 1. The van der Waals surface area contributed by atoms with E-state index in [1.165, 1.54) is 6.07 Å². The van der Waals surface area contributed by atoms with Gasteiger partial charge < -0.3 is 20.4 Å². The van der Waals surface area contributed by atoms with Crippen molar-refractivity contribution in [1.29, 1.82) is 0 Å². The Bertz CT molecular complexity index is 1290. The van der Waals surface area contributed by atoms with E-state index < -0.39 is 56.8 Å². The molecule has 4 atom stereocenters. The van der Waals surface area contributed by atoms with Crippen LogP contribution in [0.5, 0.6) is 5.75 Å². The zero-order valence-corrected chi connectivity index (χ0v) is 19.8. The molecule has 0 radical (unpaired) electrons. The number of carbonyl (C=O) groups excluding carboxylic acids is 3. The average molecular weight is 465 g/mol. The lowest BCUT2D eigenvalue weighted by Gasteiger charge is -2.59. The number of hydrogen-bond donors (Lipinski definition) is 4. The molecule has 0 spiro atoms. The molecule has 7 nitrogen and oxygen atoms in total. The smallest absolute Gasteiger partial charge is 0.203 e. The van der Waals surface area contributed by atoms with Gasteiger partial charge in [-0.05, 0) is 43.4 Å². The average Bonchev–Trinajstić information content (AvgIpc) is 2.70. The normalized spacial score (nSPS) is 32.8. The first-order valence-corrected chi connectivity index (χ1v) is 11.2. The van der Waals surface area contributed by atoms with Gasteiger partial charge in [-0.3, -0.25) is 14.4 Å². The third kappa shape index (κ3) is 2.60. The molecule has 178 valence electrons. The second kappa shape index (κ2) is 7.07. The van der Waals surface area contributed by atoms with E-state index in [1.54, 1.807) is 33.8 Å². The number of rotatable bonds is 2. The van der Waals surface area contributed by atoms with E-state index in [-0.39, 0.29) is 35.6 Å². The van der Waals surface area contributed by atoms with Crippen LogP contribution in [-0.4, -0.2) is 43.4 Å². The molecular formula is C27H28O7. The molecular weight excluding hydrogens is 436 g/mol. The molecule has 1 saturated carbocycles. The number of Topliss-reactive ketones (excluding diaryl/α,β-unsaturated/α-hetero) is 3. The number of aliphatic hydroxyl groups excluding tert-OH is 2. The predicted octanol–water partition coefficient (Wildman–Crippen LogP) is 3.17. The molecule has 3 aliphatic carbocycles. The summed E-state index contributed by atoms with van der Waals surface area (Å²) < 4.78 is 0. The van der Waals surface area contributed by atoms with Gasteiger partial charge in [-0.1, -0.05) is 33.6 Å². The van der Waals surface area contributed by atoms with Gasteiger partial charge in [0.05, 0.1) is 5.56 Å². The van der Waals surface area contributed by atoms with Gasteiger partial charge in [0.25, 0.3) is 0 Å². The van der Waals surface area contributed by atoms with E-state index >= 15 is 0 Å². The van der Waals surface area contributed by atoms with Crippen molar-refractivity contribution >= 4 is 23.1 Å². The van der Waals surface area contributed by atoms with Gasteiger partial charge in [-0.15, -0.1) is 6.42 Å². The van der Waals surface area contributed by atoms with Crippen molar-refractivity contribution in [2.45, 2.75) is 53.1 Å². The molecule has 4 N–H and O–H groups in total. The highest BCUT2D eigenvalue weighted by molar-refractivity contribution is 6.24. The fraction of sp³-hybridized carbons (Fsp3) is 0.444. The van der Waals surface area contributed by atoms with Crippen molar-refractivity contribution in [2.75, 3.05) is 0 Å². The number of hydrogen-bond acceptors (Lipinski definition) is 7. The molecule has 0 saturated heterocycles. The maximum atomic E-state index is 14.1. The number of fused-ring (bicyclic) bond motifs is 3. The van der Waals surface area contributed by atoms with Gasteiger partial charge >= 0.3 is 0 Å². The minimum atomic E-state index is -2.61. The summed E-state index contributed by atoms with van der Waals surface area (Å²) in [6, 6.07) is 2.87. The third-order valence-corrected chi connectivity index (χ3v) is 8.04. The highest BCUT2D eigenvalue weighted by Crippen LogP contribution is 2.65. The first-order chi connectivity index (χ1) is 15.7. The van der Waals surface area contributed by atoms with Crippen LogP contribution in [0, 0.1) is 35.0 Å². The summed E-state index contributed by atoms with van der Waals surface area (Å²) >= 11 is 0. The Morgan fingerprint density at radius 1 is 1.18 bits per heavy atom. The minimum Gasteiger partial charge on any atom is -0.508 e. The Kier molecular flexibility index (Phi) is 4.94. The van der Waals surface area contributed by atoms with E-state index in [0.29, 0.717) is 11.1 Å². The number of terminal acetylenes is 1. The van der Waals surface area contributed by atoms with Crippen molar-refractivity contribution in [3.8, 4) is 18.1 Å². The van der Waals surface area contributed by atoms with Crippen LogP contribution in [0.4, 0.5) is 0 Å². The fourth-order valence-corrected chi connectivity index (χ4v) is 6.85. The first kappa shape index (κ1) is 23.8. The molecule has 4 rings (SSSR count). The van der Waals surface area contributed by atoms with Crippen LogP contribution in [0.15, 0.2) is 29.0 Å². The molecule has 1 fully saturated rings. The van der Waals surface area contributed by atoms with Crippen LogP contribution in [0.25, 0.3) is 5.76 Å². The minimum absolute atomic E-state index is 0.00559. The highest BCUT2D eigenvalue weighted by atomic mass is 16.3. The third-order valence-electron chi connectivity index (χ3n) is 8.04. The number of ketones is 3. The molecule has 34 heavy (non-hydrogen) atoms. The molecule has 0 bridgehead atoms. The van der Waals surface area contributed by atoms with Crippen LogP contribution >= 0.6 is 0 Å². The number of benzene rings is 1. The Hall–Kier alpha value is -3.37. The molecule has 1 aromatic carbocycles. The maximum Gasteiger partial charge on any atom is 0.203 e. The Labute approximate surface area is 197 Å². The zero-order valence-electron chi connectivity index (χ0n) is 19.8. The lowest BCUT2D eigenvalue weighted by atomic mass is 9.43. The molecule has 0 aromatic heterocycles. The second-order valence-electron chi connectivity index (χ2n) is 10.6. The first-order valence-electron chi connectivity index (χ1n) is 11.2. The van der Waals surface area contributed by atoms with Crippen molar-refractivity contribution < 1.29 is 34.8 Å². The SMILES string of the molecule is C#Cc1ccc(O)c2c1C[C@]1(C)C[C@]3(C)C(C(C)C)C(=O)C(C(C)=O)=C(O)[C@]3(O)C(=O)C1=C2O. The van der Waals surface area contributed by atoms with Crippen LogP contribution in [0.1, 0.15) is 57.7 Å². The molecule has 7 heteroatoms. The Morgan fingerprint density at radius 3 is 2.32 bits per heavy atom. The van der Waals surface area contributed by atoms with Crippen LogP contribution < -0.4 is 0 Å². The van der Waals surface area contributed by atoms with Crippen LogP contribution in [0.2, 0.25) is 0 Å². The second-order valence-corrected chi connectivity index (χ2v) is 10.6. The van der Waals surface area contributed by atoms with E-state index in [1.807, 2.05) is 0 Å². The predicted molar refractivity (Wildman–Crippen MR) is 124 cm³/mol. The fourth-order valence-electron chi connectivity index (χ4n) is 6.85. The topological polar surface area (TPSA) is 132 Å². The summed E-state index contributed by atoms with van der Waals surface area (Å²) in [6.45, 7) is 7.91. The summed E-state index contributed by atoms with van der Waals surface area (Å²) in [4.78, 5) is 39.8. The molecule has 1 aromatic rings. The lowest BCUT2D eigenvalue weighted by molar-refractivity contribution is -0.178. The lowest BCUT2D eigenvalue weighted by Crippen LogP contribution is -2.69. The van der Waals surface area contributed by atoms with Crippen LogP contribution in [0.3, 0.4) is 0 Å². The van der Waals surface area contributed by atoms with Gasteiger partial charge in [0, 0.05) is 27.9 Å². The van der Waals surface area contributed by atoms with Gasteiger partial charge in [0.2, 0.25) is 5.78 Å². The number of carbonyl (C=O) groups is 3. The van der Waals surface area contributed by atoms with E-state index in [4.69, 9.17) is 6.42 Å². The quantitative estimate of drug-likeness (QED) is 0.390. The van der Waals surface area contributed by atoms with Gasteiger partial charge in [0.1, 0.15) is 22.8 Å². The molecule has 0 amide bonds. The van der Waals surface area contributed by atoms with E-state index in [0.717, 1.165) is 6.92 Å². The molecule has 0 heterocycles. The molecule has 3 aliphatic rings. The standard InChI is InChI=1S/C27H28O7/c1-7-14-8-9-16(29)18-15(14)10-25(5)11-26(6)19(12(2)3)21(30)17(13(4)28)23(32)27(26,34)24(33)20(25)22(18)31/h1,8-9,12,19,29,31-32,34H,10-11H2,2-6H3/t19?,25-,26-,27+/m1/s1. The Balaban J connectivity index is 2.11. The summed E-state index contributed by atoms with van der Waals surface area (Å²) in [5.74, 6) is -2.94. The van der Waals surface area contributed by atoms with Crippen molar-refractivity contribution in [1.82, 2.24) is 0 Å². The van der Waals surface area contributed by atoms with Gasteiger partial charge in [-0.2, -0.15) is 0 Å².